The fourth-order valence-corrected chi connectivity index (χ4v) is 3.54. The molecule has 1 aliphatic heterocycles. The van der Waals surface area contributed by atoms with Crippen molar-refractivity contribution in [3.05, 3.63) is 22.2 Å². The van der Waals surface area contributed by atoms with Crippen LogP contribution in [-0.2, 0) is 0 Å². The highest BCUT2D eigenvalue weighted by molar-refractivity contribution is 9.10. The molecule has 0 saturated carbocycles. The minimum Gasteiger partial charge on any atom is -0.496 e. The van der Waals surface area contributed by atoms with E-state index in [2.05, 4.69) is 46.1 Å². The molecule has 124 valence electrons. The molecule has 0 amide bonds. The van der Waals surface area contributed by atoms with Crippen molar-refractivity contribution in [1.82, 2.24) is 10.2 Å². The van der Waals surface area contributed by atoms with E-state index in [4.69, 9.17) is 9.47 Å². The molecule has 1 N–H and O–H groups in total. The number of nitrogens with one attached hydrogen (secondary N) is 1. The molecule has 1 aromatic rings. The minimum atomic E-state index is 0.360. The first-order valence-corrected chi connectivity index (χ1v) is 8.72. The zero-order valence-corrected chi connectivity index (χ0v) is 15.6. The van der Waals surface area contributed by atoms with Crippen molar-refractivity contribution >= 4 is 15.9 Å². The Hall–Kier alpha value is -0.780. The van der Waals surface area contributed by atoms with Crippen LogP contribution in [0.5, 0.6) is 11.5 Å². The van der Waals surface area contributed by atoms with Crippen LogP contribution in [0.3, 0.4) is 0 Å². The van der Waals surface area contributed by atoms with Crippen molar-refractivity contribution < 1.29 is 9.47 Å². The molecule has 0 unspecified atom stereocenters. The Kier molecular flexibility index (Phi) is 6.53. The molecule has 0 spiro atoms. The molecule has 5 heteroatoms. The topological polar surface area (TPSA) is 33.7 Å². The standard InChI is InChI=1S/C17H27BrN2O2/c1-12(2)9-15(20-7-5-19-6-8-20)13-10-17(22-4)14(18)11-16(13)21-3/h10-12,15,19H,5-9H2,1-4H3/t15-/m1/s1. The number of hydrogen-bond donors (Lipinski definition) is 1. The SMILES string of the molecule is COc1cc([C@@H](CC(C)C)N2CCNCC2)c(OC)cc1Br. The van der Waals surface area contributed by atoms with Crippen molar-refractivity contribution in [2.45, 2.75) is 26.3 Å². The molecule has 0 bridgehead atoms. The Bertz CT molecular complexity index is 488. The van der Waals surface area contributed by atoms with E-state index < -0.39 is 0 Å². The van der Waals surface area contributed by atoms with Crippen LogP contribution in [0.25, 0.3) is 0 Å². The monoisotopic (exact) mass is 370 g/mol. The summed E-state index contributed by atoms with van der Waals surface area (Å²) in [6.07, 6.45) is 1.11. The highest BCUT2D eigenvalue weighted by Gasteiger charge is 2.26. The molecule has 0 radical (unpaired) electrons. The Morgan fingerprint density at radius 2 is 1.77 bits per heavy atom. The molecule has 22 heavy (non-hydrogen) atoms. The van der Waals surface area contributed by atoms with Crippen LogP contribution in [0.1, 0.15) is 31.9 Å². The molecule has 1 fully saturated rings. The van der Waals surface area contributed by atoms with E-state index in [0.717, 1.165) is 48.6 Å². The van der Waals surface area contributed by atoms with Crippen LogP contribution in [0.2, 0.25) is 0 Å². The number of nitrogens with zero attached hydrogens (tertiary/aromatic N) is 1. The lowest BCUT2D eigenvalue weighted by molar-refractivity contribution is 0.151. The third-order valence-electron chi connectivity index (χ3n) is 4.15. The van der Waals surface area contributed by atoms with Gasteiger partial charge >= 0.3 is 0 Å². The second-order valence-electron chi connectivity index (χ2n) is 6.16. The molecule has 4 nitrogen and oxygen atoms in total. The van der Waals surface area contributed by atoms with E-state index in [1.165, 1.54) is 5.56 Å². The average Bonchev–Trinajstić information content (AvgIpc) is 2.53. The number of hydrogen-bond acceptors (Lipinski definition) is 4. The van der Waals surface area contributed by atoms with Gasteiger partial charge in [0, 0.05) is 37.8 Å². The van der Waals surface area contributed by atoms with Gasteiger partial charge in [-0.25, -0.2) is 0 Å². The van der Waals surface area contributed by atoms with E-state index in [1.54, 1.807) is 14.2 Å². The van der Waals surface area contributed by atoms with Gasteiger partial charge < -0.3 is 14.8 Å². The number of methoxy groups -OCH3 is 2. The van der Waals surface area contributed by atoms with Gasteiger partial charge in [0.05, 0.1) is 18.7 Å². The van der Waals surface area contributed by atoms with Crippen LogP contribution in [0.4, 0.5) is 0 Å². The van der Waals surface area contributed by atoms with Gasteiger partial charge in [-0.2, -0.15) is 0 Å². The quantitative estimate of drug-likeness (QED) is 0.831. The maximum atomic E-state index is 5.65. The maximum Gasteiger partial charge on any atom is 0.133 e. The molecular formula is C17H27BrN2O2. The summed E-state index contributed by atoms with van der Waals surface area (Å²) >= 11 is 3.55. The molecule has 1 atom stereocenters. The second kappa shape index (κ2) is 8.18. The first-order chi connectivity index (χ1) is 10.6. The third-order valence-corrected chi connectivity index (χ3v) is 4.77. The summed E-state index contributed by atoms with van der Waals surface area (Å²) in [4.78, 5) is 2.56. The smallest absolute Gasteiger partial charge is 0.133 e. The molecule has 1 saturated heterocycles. The van der Waals surface area contributed by atoms with Crippen LogP contribution in [-0.4, -0.2) is 45.3 Å². The number of ether oxygens (including phenoxy) is 2. The summed E-state index contributed by atoms with van der Waals surface area (Å²) in [7, 11) is 3.44. The maximum absolute atomic E-state index is 5.65. The fraction of sp³-hybridized carbons (Fsp3) is 0.647. The Balaban J connectivity index is 2.40. The lowest BCUT2D eigenvalue weighted by Gasteiger charge is -2.37. The highest BCUT2D eigenvalue weighted by atomic mass is 79.9. The molecule has 1 aromatic carbocycles. The van der Waals surface area contributed by atoms with Crippen LogP contribution in [0.15, 0.2) is 16.6 Å². The fourth-order valence-electron chi connectivity index (χ4n) is 3.06. The summed E-state index contributed by atoms with van der Waals surface area (Å²) in [5.74, 6) is 2.41. The number of piperazine rings is 1. The molecule has 0 aliphatic carbocycles. The first kappa shape index (κ1) is 17.6. The Morgan fingerprint density at radius 1 is 1.14 bits per heavy atom. The predicted molar refractivity (Wildman–Crippen MR) is 93.9 cm³/mol. The van der Waals surface area contributed by atoms with Crippen LogP contribution >= 0.6 is 15.9 Å². The molecular weight excluding hydrogens is 344 g/mol. The summed E-state index contributed by atoms with van der Waals surface area (Å²) in [5.41, 5.74) is 1.22. The number of benzene rings is 1. The summed E-state index contributed by atoms with van der Waals surface area (Å²) in [6, 6.07) is 4.50. The molecule has 1 aliphatic rings. The van der Waals surface area contributed by atoms with Crippen molar-refractivity contribution in [2.24, 2.45) is 5.92 Å². The lowest BCUT2D eigenvalue weighted by Crippen LogP contribution is -2.45. The van der Waals surface area contributed by atoms with Crippen molar-refractivity contribution in [3.63, 3.8) is 0 Å². The van der Waals surface area contributed by atoms with Gasteiger partial charge in [0.15, 0.2) is 0 Å². The summed E-state index contributed by atoms with van der Waals surface area (Å²) in [6.45, 7) is 8.78. The van der Waals surface area contributed by atoms with E-state index in [1.807, 2.05) is 6.07 Å². The first-order valence-electron chi connectivity index (χ1n) is 7.93. The summed E-state index contributed by atoms with van der Waals surface area (Å²) in [5, 5.41) is 3.43. The van der Waals surface area contributed by atoms with Gasteiger partial charge in [-0.05, 0) is 40.4 Å². The Labute approximate surface area is 142 Å². The van der Waals surface area contributed by atoms with Crippen LogP contribution in [0, 0.1) is 5.92 Å². The van der Waals surface area contributed by atoms with Crippen LogP contribution < -0.4 is 14.8 Å². The zero-order valence-electron chi connectivity index (χ0n) is 14.0. The zero-order chi connectivity index (χ0) is 16.1. The predicted octanol–water partition coefficient (Wildman–Crippen LogP) is 3.46. The van der Waals surface area contributed by atoms with Crippen molar-refractivity contribution in [1.29, 1.82) is 0 Å². The van der Waals surface area contributed by atoms with Crippen molar-refractivity contribution in [2.75, 3.05) is 40.4 Å². The molecule has 0 aromatic heterocycles. The largest absolute Gasteiger partial charge is 0.496 e. The van der Waals surface area contributed by atoms with E-state index in [9.17, 15) is 0 Å². The van der Waals surface area contributed by atoms with Gasteiger partial charge in [-0.1, -0.05) is 13.8 Å². The number of rotatable bonds is 6. The minimum absolute atomic E-state index is 0.360. The van der Waals surface area contributed by atoms with Gasteiger partial charge in [0.1, 0.15) is 11.5 Å². The van der Waals surface area contributed by atoms with Gasteiger partial charge in [0.2, 0.25) is 0 Å². The number of halogens is 1. The average molecular weight is 371 g/mol. The van der Waals surface area contributed by atoms with Gasteiger partial charge in [-0.15, -0.1) is 0 Å². The summed E-state index contributed by atoms with van der Waals surface area (Å²) < 4.78 is 12.1. The van der Waals surface area contributed by atoms with E-state index >= 15 is 0 Å². The van der Waals surface area contributed by atoms with Gasteiger partial charge in [-0.3, -0.25) is 4.90 Å². The molecule has 1 heterocycles. The van der Waals surface area contributed by atoms with E-state index in [0.29, 0.717) is 12.0 Å². The second-order valence-corrected chi connectivity index (χ2v) is 7.01. The third kappa shape index (κ3) is 4.15. The van der Waals surface area contributed by atoms with Gasteiger partial charge in [0.25, 0.3) is 0 Å². The highest BCUT2D eigenvalue weighted by Crippen LogP contribution is 2.40. The normalized spacial score (nSPS) is 17.5. The Morgan fingerprint density at radius 3 is 2.32 bits per heavy atom. The van der Waals surface area contributed by atoms with E-state index in [-0.39, 0.29) is 0 Å². The lowest BCUT2D eigenvalue weighted by atomic mass is 9.94. The van der Waals surface area contributed by atoms with Crippen molar-refractivity contribution in [3.8, 4) is 11.5 Å². The molecule has 2 rings (SSSR count).